The number of carbonyl (C=O) groups is 2. The van der Waals surface area contributed by atoms with Crippen molar-refractivity contribution in [3.63, 3.8) is 0 Å². The number of anilines is 1. The molecule has 0 radical (unpaired) electrons. The number of amides is 2. The summed E-state index contributed by atoms with van der Waals surface area (Å²) in [4.78, 5) is 24.7. The molecule has 1 aliphatic rings. The summed E-state index contributed by atoms with van der Waals surface area (Å²) in [5.41, 5.74) is 1.39. The van der Waals surface area contributed by atoms with Crippen LogP contribution in [0.3, 0.4) is 0 Å². The number of aromatic nitrogens is 2. The van der Waals surface area contributed by atoms with Gasteiger partial charge in [-0.25, -0.2) is 9.07 Å². The molecule has 1 fully saturated rings. The molecule has 1 aromatic heterocycles. The molecule has 2 N–H and O–H groups in total. The second kappa shape index (κ2) is 7.44. The van der Waals surface area contributed by atoms with Crippen LogP contribution in [-0.2, 0) is 0 Å². The monoisotopic (exact) mass is 398 g/mol. The summed E-state index contributed by atoms with van der Waals surface area (Å²) >= 11 is 6.11. The third-order valence-corrected chi connectivity index (χ3v) is 4.61. The summed E-state index contributed by atoms with van der Waals surface area (Å²) in [5, 5.41) is 10.0. The van der Waals surface area contributed by atoms with Crippen LogP contribution in [0.5, 0.6) is 0 Å². The van der Waals surface area contributed by atoms with Crippen molar-refractivity contribution in [1.29, 1.82) is 0 Å². The summed E-state index contributed by atoms with van der Waals surface area (Å²) in [6.45, 7) is 0. The van der Waals surface area contributed by atoms with Crippen molar-refractivity contribution < 1.29 is 14.0 Å². The second-order valence-electron chi connectivity index (χ2n) is 6.52. The zero-order valence-corrected chi connectivity index (χ0v) is 15.4. The smallest absolute Gasteiger partial charge is 0.276 e. The Kier molecular flexibility index (Phi) is 4.83. The van der Waals surface area contributed by atoms with Crippen LogP contribution in [0.1, 0.15) is 33.7 Å². The van der Waals surface area contributed by atoms with Gasteiger partial charge in [0.25, 0.3) is 11.8 Å². The van der Waals surface area contributed by atoms with Crippen LogP contribution in [0.2, 0.25) is 5.02 Å². The van der Waals surface area contributed by atoms with Crippen LogP contribution in [0.15, 0.2) is 54.7 Å². The Bertz CT molecular complexity index is 1060. The fourth-order valence-electron chi connectivity index (χ4n) is 2.67. The largest absolute Gasteiger partial charge is 0.349 e. The number of rotatable bonds is 5. The van der Waals surface area contributed by atoms with Crippen molar-refractivity contribution in [3.05, 3.63) is 76.8 Å². The predicted molar refractivity (Wildman–Crippen MR) is 103 cm³/mol. The van der Waals surface area contributed by atoms with Crippen molar-refractivity contribution in [2.24, 2.45) is 0 Å². The molecule has 0 aliphatic heterocycles. The van der Waals surface area contributed by atoms with Gasteiger partial charge in [-0.05, 0) is 55.3 Å². The predicted octanol–water partition coefficient (Wildman–Crippen LogP) is 3.81. The Morgan fingerprint density at radius 1 is 1.11 bits per heavy atom. The highest BCUT2D eigenvalue weighted by molar-refractivity contribution is 6.34. The molecule has 8 heteroatoms. The number of hydrogen-bond donors (Lipinski definition) is 2. The van der Waals surface area contributed by atoms with Gasteiger partial charge in [0.15, 0.2) is 5.69 Å². The average molecular weight is 399 g/mol. The fourth-order valence-corrected chi connectivity index (χ4v) is 2.87. The second-order valence-corrected chi connectivity index (χ2v) is 6.93. The quantitative estimate of drug-likeness (QED) is 0.686. The third-order valence-electron chi connectivity index (χ3n) is 4.28. The molecule has 3 aromatic rings. The number of carbonyl (C=O) groups excluding carboxylic acids is 2. The highest BCUT2D eigenvalue weighted by Gasteiger charge is 2.25. The lowest BCUT2D eigenvalue weighted by molar-refractivity contribution is 0.0949. The lowest BCUT2D eigenvalue weighted by atomic mass is 10.1. The first-order valence-electron chi connectivity index (χ1n) is 8.73. The molecule has 0 saturated heterocycles. The highest BCUT2D eigenvalue weighted by atomic mass is 35.5. The molecule has 1 heterocycles. The van der Waals surface area contributed by atoms with E-state index in [0.29, 0.717) is 22.0 Å². The number of halogens is 2. The highest BCUT2D eigenvalue weighted by Crippen LogP contribution is 2.24. The Morgan fingerprint density at radius 2 is 1.93 bits per heavy atom. The molecule has 1 saturated carbocycles. The lowest BCUT2D eigenvalue weighted by Gasteiger charge is -2.09. The minimum Gasteiger partial charge on any atom is -0.349 e. The van der Waals surface area contributed by atoms with E-state index in [-0.39, 0.29) is 17.6 Å². The van der Waals surface area contributed by atoms with E-state index >= 15 is 0 Å². The van der Waals surface area contributed by atoms with Gasteiger partial charge in [0, 0.05) is 17.9 Å². The van der Waals surface area contributed by atoms with E-state index in [1.54, 1.807) is 30.5 Å². The van der Waals surface area contributed by atoms with E-state index < -0.39 is 11.7 Å². The molecule has 0 spiro atoms. The topological polar surface area (TPSA) is 76.0 Å². The van der Waals surface area contributed by atoms with Gasteiger partial charge in [0.2, 0.25) is 0 Å². The van der Waals surface area contributed by atoms with Crippen LogP contribution in [0, 0.1) is 5.82 Å². The van der Waals surface area contributed by atoms with Crippen LogP contribution in [0.4, 0.5) is 10.1 Å². The standard InChI is InChI=1S/C20H16ClFN4O2/c21-17-7-6-14(11-16(17)19(27)23-13-4-5-13)24-20(28)18-8-9-26(25-18)15-3-1-2-12(22)10-15/h1-3,6-11,13H,4-5H2,(H,23,27)(H,24,28). The Balaban J connectivity index is 1.50. The van der Waals surface area contributed by atoms with Crippen LogP contribution >= 0.6 is 11.6 Å². The van der Waals surface area contributed by atoms with Crippen LogP contribution < -0.4 is 10.6 Å². The van der Waals surface area contributed by atoms with E-state index in [1.807, 2.05) is 0 Å². The van der Waals surface area contributed by atoms with Gasteiger partial charge in [-0.15, -0.1) is 0 Å². The molecule has 2 aromatic carbocycles. The minimum absolute atomic E-state index is 0.156. The molecule has 4 rings (SSSR count). The summed E-state index contributed by atoms with van der Waals surface area (Å²) in [6.07, 6.45) is 3.50. The molecule has 6 nitrogen and oxygen atoms in total. The maximum atomic E-state index is 13.4. The molecule has 0 atom stereocenters. The fraction of sp³-hybridized carbons (Fsp3) is 0.150. The summed E-state index contributed by atoms with van der Waals surface area (Å²) in [7, 11) is 0. The molecule has 1 aliphatic carbocycles. The molecule has 2 amide bonds. The first-order chi connectivity index (χ1) is 13.5. The van der Waals surface area contributed by atoms with Crippen molar-refractivity contribution >= 4 is 29.1 Å². The molecule has 28 heavy (non-hydrogen) atoms. The van der Waals surface area contributed by atoms with Gasteiger partial charge in [0.1, 0.15) is 5.82 Å². The number of hydrogen-bond acceptors (Lipinski definition) is 3. The third kappa shape index (κ3) is 4.04. The van der Waals surface area contributed by atoms with E-state index in [1.165, 1.54) is 28.9 Å². The van der Waals surface area contributed by atoms with E-state index in [2.05, 4.69) is 15.7 Å². The van der Waals surface area contributed by atoms with E-state index in [4.69, 9.17) is 11.6 Å². The lowest BCUT2D eigenvalue weighted by Crippen LogP contribution is -2.25. The first-order valence-corrected chi connectivity index (χ1v) is 9.11. The van der Waals surface area contributed by atoms with E-state index in [0.717, 1.165) is 12.8 Å². The van der Waals surface area contributed by atoms with Gasteiger partial charge >= 0.3 is 0 Å². The first kappa shape index (κ1) is 18.2. The molecule has 0 bridgehead atoms. The van der Waals surface area contributed by atoms with Crippen LogP contribution in [0.25, 0.3) is 5.69 Å². The Hall–Kier alpha value is -3.19. The van der Waals surface area contributed by atoms with Crippen molar-refractivity contribution in [1.82, 2.24) is 15.1 Å². The number of nitrogens with zero attached hydrogens (tertiary/aromatic N) is 2. The van der Waals surface area contributed by atoms with Crippen molar-refractivity contribution in [2.45, 2.75) is 18.9 Å². The van der Waals surface area contributed by atoms with Gasteiger partial charge < -0.3 is 10.6 Å². The number of benzene rings is 2. The summed E-state index contributed by atoms with van der Waals surface area (Å²) in [6, 6.07) is 12.3. The normalized spacial score (nSPS) is 13.2. The van der Waals surface area contributed by atoms with E-state index in [9.17, 15) is 14.0 Å². The average Bonchev–Trinajstić information content (AvgIpc) is 3.34. The van der Waals surface area contributed by atoms with Gasteiger partial charge in [-0.2, -0.15) is 5.10 Å². The maximum absolute atomic E-state index is 13.4. The molecular weight excluding hydrogens is 383 g/mol. The molecule has 142 valence electrons. The Morgan fingerprint density at radius 3 is 2.68 bits per heavy atom. The zero-order chi connectivity index (χ0) is 19.7. The number of nitrogens with one attached hydrogen (secondary N) is 2. The SMILES string of the molecule is O=C(Nc1ccc(Cl)c(C(=O)NC2CC2)c1)c1ccn(-c2cccc(F)c2)n1. The Labute approximate surface area is 165 Å². The summed E-state index contributed by atoms with van der Waals surface area (Å²) in [5.74, 6) is -1.11. The van der Waals surface area contributed by atoms with Crippen molar-refractivity contribution in [2.75, 3.05) is 5.32 Å². The maximum Gasteiger partial charge on any atom is 0.276 e. The molecular formula is C20H16ClFN4O2. The van der Waals surface area contributed by atoms with Gasteiger partial charge in [-0.1, -0.05) is 17.7 Å². The minimum atomic E-state index is -0.453. The van der Waals surface area contributed by atoms with Crippen molar-refractivity contribution in [3.8, 4) is 5.69 Å². The zero-order valence-electron chi connectivity index (χ0n) is 14.7. The summed E-state index contributed by atoms with van der Waals surface area (Å²) < 4.78 is 14.8. The molecule has 0 unspecified atom stereocenters. The van der Waals surface area contributed by atoms with Gasteiger partial charge in [0.05, 0.1) is 16.3 Å². The van der Waals surface area contributed by atoms with Crippen LogP contribution in [-0.4, -0.2) is 27.6 Å². The van der Waals surface area contributed by atoms with Gasteiger partial charge in [-0.3, -0.25) is 9.59 Å².